The van der Waals surface area contributed by atoms with Crippen LogP contribution in [0, 0.1) is 12.7 Å². The van der Waals surface area contributed by atoms with Gasteiger partial charge in [0, 0.05) is 41.6 Å². The number of ether oxygens (including phenoxy) is 1. The van der Waals surface area contributed by atoms with E-state index >= 15 is 0 Å². The molecule has 0 fully saturated rings. The number of para-hydroxylation sites is 1. The molecule has 0 aliphatic carbocycles. The van der Waals surface area contributed by atoms with Crippen molar-refractivity contribution >= 4 is 44.7 Å². The van der Waals surface area contributed by atoms with Gasteiger partial charge >= 0.3 is 0 Å². The fourth-order valence-corrected chi connectivity index (χ4v) is 4.07. The van der Waals surface area contributed by atoms with Crippen LogP contribution in [-0.2, 0) is 9.59 Å². The predicted octanol–water partition coefficient (Wildman–Crippen LogP) is 5.53. The van der Waals surface area contributed by atoms with Crippen molar-refractivity contribution in [3.05, 3.63) is 77.6 Å². The lowest BCUT2D eigenvalue weighted by atomic mass is 10.2. The summed E-state index contributed by atoms with van der Waals surface area (Å²) in [6.45, 7) is 1.97. The Balaban J connectivity index is 1.42. The summed E-state index contributed by atoms with van der Waals surface area (Å²) in [5, 5.41) is 2.55. The van der Waals surface area contributed by atoms with Gasteiger partial charge in [-0.1, -0.05) is 18.2 Å². The molecule has 8 heteroatoms. The van der Waals surface area contributed by atoms with E-state index in [1.54, 1.807) is 31.4 Å². The number of nitrogens with one attached hydrogen (secondary N) is 1. The van der Waals surface area contributed by atoms with Gasteiger partial charge in [0.15, 0.2) is 11.6 Å². The van der Waals surface area contributed by atoms with E-state index in [1.807, 2.05) is 31.2 Å². The van der Waals surface area contributed by atoms with E-state index in [-0.39, 0.29) is 23.8 Å². The number of halogens is 1. The number of hydrogen-bond acceptors (Lipinski definition) is 5. The minimum atomic E-state index is -0.631. The second kappa shape index (κ2) is 9.15. The first-order valence-corrected chi connectivity index (χ1v) is 10.7. The molecule has 1 N–H and O–H groups in total. The molecular formula is C24H20FN3O3S. The van der Waals surface area contributed by atoms with Crippen molar-refractivity contribution in [1.29, 1.82) is 0 Å². The minimum absolute atomic E-state index is 0.0291. The summed E-state index contributed by atoms with van der Waals surface area (Å²) in [5.74, 6) is -0.994. The number of carbonyl (C=O) groups excluding carboxylic acids is 2. The summed E-state index contributed by atoms with van der Waals surface area (Å²) in [5.41, 5.74) is 1.71. The third-order valence-corrected chi connectivity index (χ3v) is 5.82. The highest BCUT2D eigenvalue weighted by molar-refractivity contribution is 7.19. The van der Waals surface area contributed by atoms with Crippen LogP contribution in [0.4, 0.5) is 15.8 Å². The van der Waals surface area contributed by atoms with Gasteiger partial charge in [-0.2, -0.15) is 0 Å². The Hall–Kier alpha value is -3.78. The van der Waals surface area contributed by atoms with E-state index in [0.717, 1.165) is 21.2 Å². The molecule has 6 nitrogen and oxygen atoms in total. The lowest BCUT2D eigenvalue weighted by molar-refractivity contribution is -0.125. The van der Waals surface area contributed by atoms with Gasteiger partial charge in [0.2, 0.25) is 11.8 Å². The van der Waals surface area contributed by atoms with Crippen LogP contribution in [0.2, 0.25) is 0 Å². The average molecular weight is 450 g/mol. The molecule has 0 spiro atoms. The fourth-order valence-electron chi connectivity index (χ4n) is 3.15. The van der Waals surface area contributed by atoms with Gasteiger partial charge in [-0.15, -0.1) is 11.3 Å². The molecule has 32 heavy (non-hydrogen) atoms. The predicted molar refractivity (Wildman–Crippen MR) is 124 cm³/mol. The molecule has 0 aliphatic heterocycles. The van der Waals surface area contributed by atoms with Gasteiger partial charge in [0.05, 0.1) is 10.2 Å². The van der Waals surface area contributed by atoms with Crippen LogP contribution in [0.3, 0.4) is 0 Å². The smallest absolute Gasteiger partial charge is 0.236 e. The highest BCUT2D eigenvalue weighted by Gasteiger charge is 2.17. The maximum absolute atomic E-state index is 14.6. The number of anilines is 2. The largest absolute Gasteiger partial charge is 0.453 e. The number of thiophene rings is 1. The second-order valence-electron chi connectivity index (χ2n) is 7.14. The molecule has 2 heterocycles. The molecule has 0 atom stereocenters. The summed E-state index contributed by atoms with van der Waals surface area (Å²) in [6.07, 6.45) is 1.25. The van der Waals surface area contributed by atoms with E-state index in [4.69, 9.17) is 4.74 Å². The van der Waals surface area contributed by atoms with Crippen molar-refractivity contribution in [2.45, 2.75) is 13.3 Å². The average Bonchev–Trinajstić information content (AvgIpc) is 3.16. The number of hydrogen-bond donors (Lipinski definition) is 1. The van der Waals surface area contributed by atoms with Gasteiger partial charge in [-0.25, -0.2) is 4.39 Å². The Morgan fingerprint density at radius 2 is 1.88 bits per heavy atom. The highest BCUT2D eigenvalue weighted by Crippen LogP contribution is 2.35. The molecule has 2 amide bonds. The van der Waals surface area contributed by atoms with Gasteiger partial charge in [-0.3, -0.25) is 14.6 Å². The second-order valence-corrected chi connectivity index (χ2v) is 8.40. The lowest BCUT2D eigenvalue weighted by Crippen LogP contribution is -2.30. The first-order valence-electron chi connectivity index (χ1n) is 9.85. The first-order chi connectivity index (χ1) is 15.4. The van der Waals surface area contributed by atoms with Gasteiger partial charge in [0.1, 0.15) is 12.2 Å². The van der Waals surface area contributed by atoms with E-state index in [2.05, 4.69) is 10.3 Å². The van der Waals surface area contributed by atoms with Crippen molar-refractivity contribution in [2.75, 3.05) is 17.3 Å². The molecule has 2 aromatic heterocycles. The fraction of sp³-hybridized carbons (Fsp3) is 0.125. The molecule has 0 bridgehead atoms. The quantitative estimate of drug-likeness (QED) is 0.393. The van der Waals surface area contributed by atoms with Crippen LogP contribution in [0.15, 0.2) is 66.9 Å². The molecule has 0 aliphatic rings. The van der Waals surface area contributed by atoms with Gasteiger partial charge < -0.3 is 15.0 Å². The summed E-state index contributed by atoms with van der Waals surface area (Å²) in [4.78, 5) is 31.4. The van der Waals surface area contributed by atoms with Crippen LogP contribution in [0.5, 0.6) is 11.5 Å². The SMILES string of the molecule is Cc1cc2nccc(Oc3ccc(NC(=O)CC(=O)N(C)c4ccccc4)cc3F)c2s1. The number of carbonyl (C=O) groups is 2. The van der Waals surface area contributed by atoms with Crippen molar-refractivity contribution in [1.82, 2.24) is 4.98 Å². The van der Waals surface area contributed by atoms with Crippen molar-refractivity contribution < 1.29 is 18.7 Å². The van der Waals surface area contributed by atoms with Crippen LogP contribution in [0.25, 0.3) is 10.2 Å². The van der Waals surface area contributed by atoms with Crippen molar-refractivity contribution in [3.8, 4) is 11.5 Å². The molecule has 4 aromatic rings. The van der Waals surface area contributed by atoms with Crippen molar-refractivity contribution in [3.63, 3.8) is 0 Å². The zero-order chi connectivity index (χ0) is 22.7. The van der Waals surface area contributed by atoms with Gasteiger partial charge in [0.25, 0.3) is 0 Å². The maximum atomic E-state index is 14.6. The van der Waals surface area contributed by atoms with E-state index in [1.165, 1.54) is 28.4 Å². The molecule has 0 radical (unpaired) electrons. The molecular weight excluding hydrogens is 429 g/mol. The normalized spacial score (nSPS) is 10.7. The summed E-state index contributed by atoms with van der Waals surface area (Å²) < 4.78 is 21.2. The molecule has 4 rings (SSSR count). The summed E-state index contributed by atoms with van der Waals surface area (Å²) in [7, 11) is 1.60. The highest BCUT2D eigenvalue weighted by atomic mass is 32.1. The molecule has 2 aromatic carbocycles. The summed E-state index contributed by atoms with van der Waals surface area (Å²) in [6, 6.07) is 16.8. The number of pyridine rings is 1. The minimum Gasteiger partial charge on any atom is -0.453 e. The topological polar surface area (TPSA) is 71.5 Å². The molecule has 0 unspecified atom stereocenters. The number of aromatic nitrogens is 1. The van der Waals surface area contributed by atoms with Crippen molar-refractivity contribution in [2.24, 2.45) is 0 Å². The Kier molecular flexibility index (Phi) is 6.13. The summed E-state index contributed by atoms with van der Waals surface area (Å²) >= 11 is 1.52. The zero-order valence-electron chi connectivity index (χ0n) is 17.5. The number of fused-ring (bicyclic) bond motifs is 1. The standard InChI is InChI=1S/C24H20FN3O3S/c1-15-12-19-24(32-15)21(10-11-26-19)31-20-9-8-16(13-18(20)25)27-22(29)14-23(30)28(2)17-6-4-3-5-7-17/h3-13H,14H2,1-2H3,(H,27,29). The monoisotopic (exact) mass is 449 g/mol. The van der Waals surface area contributed by atoms with Crippen LogP contribution in [-0.4, -0.2) is 23.8 Å². The number of amides is 2. The van der Waals surface area contributed by atoms with Crippen LogP contribution >= 0.6 is 11.3 Å². The Morgan fingerprint density at radius 1 is 1.09 bits per heavy atom. The first kappa shape index (κ1) is 21.5. The molecule has 0 saturated heterocycles. The maximum Gasteiger partial charge on any atom is 0.236 e. The molecule has 162 valence electrons. The third-order valence-electron chi connectivity index (χ3n) is 4.76. The number of rotatable bonds is 6. The number of nitrogens with zero attached hydrogens (tertiary/aromatic N) is 2. The van der Waals surface area contributed by atoms with E-state index in [9.17, 15) is 14.0 Å². The Labute approximate surface area is 188 Å². The third kappa shape index (κ3) is 4.76. The van der Waals surface area contributed by atoms with E-state index < -0.39 is 11.7 Å². The van der Waals surface area contributed by atoms with E-state index in [0.29, 0.717) is 11.4 Å². The lowest BCUT2D eigenvalue weighted by Gasteiger charge is -2.17. The van der Waals surface area contributed by atoms with Gasteiger partial charge in [-0.05, 0) is 37.3 Å². The number of benzene rings is 2. The Bertz CT molecular complexity index is 1290. The number of aryl methyl sites for hydroxylation is 1. The van der Waals surface area contributed by atoms with Crippen LogP contribution < -0.4 is 15.0 Å². The molecule has 0 saturated carbocycles. The zero-order valence-corrected chi connectivity index (χ0v) is 18.3. The van der Waals surface area contributed by atoms with Crippen LogP contribution in [0.1, 0.15) is 11.3 Å². The Morgan fingerprint density at radius 3 is 2.62 bits per heavy atom.